The Balaban J connectivity index is 1.66. The van der Waals surface area contributed by atoms with Gasteiger partial charge in [0.05, 0.1) is 31.6 Å². The molecule has 0 saturated carbocycles. The van der Waals surface area contributed by atoms with Gasteiger partial charge in [0.25, 0.3) is 0 Å². The Bertz CT molecular complexity index is 845. The lowest BCUT2D eigenvalue weighted by atomic mass is 9.96. The molecular weight excluding hydrogens is 333 g/mol. The summed E-state index contributed by atoms with van der Waals surface area (Å²) in [4.78, 5) is 11.3. The maximum atomic E-state index is 14.3. The SMILES string of the molecule is CC(O)Cc1cc2c(cc1F)CN=C2c1ccnc(N2CCOCC2)c1. The minimum atomic E-state index is -0.585. The molecule has 2 aliphatic rings. The molecule has 3 heterocycles. The van der Waals surface area contributed by atoms with E-state index in [0.29, 0.717) is 31.7 Å². The number of aliphatic imine (C=N–C) groups is 1. The summed E-state index contributed by atoms with van der Waals surface area (Å²) in [7, 11) is 0. The summed E-state index contributed by atoms with van der Waals surface area (Å²) in [6, 6.07) is 7.36. The quantitative estimate of drug-likeness (QED) is 0.915. The van der Waals surface area contributed by atoms with E-state index in [4.69, 9.17) is 4.74 Å². The second-order valence-electron chi connectivity index (χ2n) is 6.82. The van der Waals surface area contributed by atoms with Crippen LogP contribution in [-0.4, -0.2) is 48.2 Å². The normalized spacial score (nSPS) is 17.8. The van der Waals surface area contributed by atoms with Gasteiger partial charge >= 0.3 is 0 Å². The Hall–Kier alpha value is -2.31. The summed E-state index contributed by atoms with van der Waals surface area (Å²) in [6.07, 6.45) is 1.50. The molecule has 1 atom stereocenters. The molecule has 2 aliphatic heterocycles. The molecule has 1 saturated heterocycles. The van der Waals surface area contributed by atoms with E-state index in [1.165, 1.54) is 0 Å². The molecule has 4 rings (SSSR count). The van der Waals surface area contributed by atoms with Crippen molar-refractivity contribution in [2.45, 2.75) is 26.0 Å². The van der Waals surface area contributed by atoms with Gasteiger partial charge in [-0.3, -0.25) is 4.99 Å². The van der Waals surface area contributed by atoms with Crippen LogP contribution in [-0.2, 0) is 17.7 Å². The number of halogens is 1. The fourth-order valence-corrected chi connectivity index (χ4v) is 3.51. The van der Waals surface area contributed by atoms with Gasteiger partial charge in [0.1, 0.15) is 11.6 Å². The van der Waals surface area contributed by atoms with Crippen molar-refractivity contribution in [1.29, 1.82) is 0 Å². The number of morpholine rings is 1. The Morgan fingerprint density at radius 2 is 2.08 bits per heavy atom. The first-order valence-electron chi connectivity index (χ1n) is 8.95. The van der Waals surface area contributed by atoms with Crippen molar-refractivity contribution in [2.24, 2.45) is 4.99 Å². The summed E-state index contributed by atoms with van der Waals surface area (Å²) >= 11 is 0. The molecule has 2 aromatic rings. The highest BCUT2D eigenvalue weighted by atomic mass is 19.1. The standard InChI is InChI=1S/C20H22FN3O2/c1-13(25)8-15-9-17-16(10-18(15)21)12-23-20(17)14-2-3-22-19(11-14)24-4-6-26-7-5-24/h2-3,9-11,13,25H,4-8,12H2,1H3. The highest BCUT2D eigenvalue weighted by molar-refractivity contribution is 6.15. The summed E-state index contributed by atoms with van der Waals surface area (Å²) in [6.45, 7) is 5.20. The lowest BCUT2D eigenvalue weighted by molar-refractivity contribution is 0.122. The van der Waals surface area contributed by atoms with Crippen LogP contribution in [0.25, 0.3) is 0 Å². The van der Waals surface area contributed by atoms with Gasteiger partial charge in [0.15, 0.2) is 0 Å². The Morgan fingerprint density at radius 1 is 1.27 bits per heavy atom. The van der Waals surface area contributed by atoms with E-state index in [1.807, 2.05) is 18.2 Å². The third-order valence-electron chi connectivity index (χ3n) is 4.80. The molecule has 1 unspecified atom stereocenters. The number of pyridine rings is 1. The van der Waals surface area contributed by atoms with Crippen LogP contribution in [0.15, 0.2) is 35.5 Å². The van der Waals surface area contributed by atoms with Crippen molar-refractivity contribution in [3.8, 4) is 0 Å². The van der Waals surface area contributed by atoms with E-state index in [1.54, 1.807) is 19.2 Å². The zero-order valence-corrected chi connectivity index (χ0v) is 14.8. The number of hydrogen-bond acceptors (Lipinski definition) is 5. The first-order valence-corrected chi connectivity index (χ1v) is 8.95. The molecular formula is C20H22FN3O2. The number of anilines is 1. The third-order valence-corrected chi connectivity index (χ3v) is 4.80. The third kappa shape index (κ3) is 3.34. The second kappa shape index (κ2) is 7.13. The lowest BCUT2D eigenvalue weighted by Crippen LogP contribution is -2.36. The van der Waals surface area contributed by atoms with Gasteiger partial charge in [0, 0.05) is 36.8 Å². The average molecular weight is 355 g/mol. The molecule has 0 bridgehead atoms. The monoisotopic (exact) mass is 355 g/mol. The molecule has 1 fully saturated rings. The number of aliphatic hydroxyl groups excluding tert-OH is 1. The molecule has 26 heavy (non-hydrogen) atoms. The van der Waals surface area contributed by atoms with Crippen LogP contribution in [0.4, 0.5) is 10.2 Å². The van der Waals surface area contributed by atoms with E-state index < -0.39 is 6.10 Å². The molecule has 1 aromatic carbocycles. The van der Waals surface area contributed by atoms with Crippen LogP contribution >= 0.6 is 0 Å². The topological polar surface area (TPSA) is 58.0 Å². The van der Waals surface area contributed by atoms with Crippen LogP contribution in [0.2, 0.25) is 0 Å². The van der Waals surface area contributed by atoms with Crippen LogP contribution < -0.4 is 4.90 Å². The summed E-state index contributed by atoms with van der Waals surface area (Å²) < 4.78 is 19.7. The molecule has 5 nitrogen and oxygen atoms in total. The van der Waals surface area contributed by atoms with Crippen molar-refractivity contribution in [2.75, 3.05) is 31.2 Å². The number of rotatable bonds is 4. The van der Waals surface area contributed by atoms with Crippen LogP contribution in [0.5, 0.6) is 0 Å². The number of aromatic nitrogens is 1. The number of benzene rings is 1. The zero-order valence-electron chi connectivity index (χ0n) is 14.8. The van der Waals surface area contributed by atoms with Gasteiger partial charge in [-0.1, -0.05) is 0 Å². The first-order chi connectivity index (χ1) is 12.6. The molecule has 0 spiro atoms. The van der Waals surface area contributed by atoms with E-state index in [9.17, 15) is 9.50 Å². The maximum absolute atomic E-state index is 14.3. The van der Waals surface area contributed by atoms with Crippen molar-refractivity contribution in [1.82, 2.24) is 4.98 Å². The second-order valence-corrected chi connectivity index (χ2v) is 6.82. The number of ether oxygens (including phenoxy) is 1. The zero-order chi connectivity index (χ0) is 18.1. The number of hydrogen-bond donors (Lipinski definition) is 1. The summed E-state index contributed by atoms with van der Waals surface area (Å²) in [5, 5.41) is 9.62. The van der Waals surface area contributed by atoms with Gasteiger partial charge < -0.3 is 14.7 Å². The molecule has 136 valence electrons. The Labute approximate surface area is 152 Å². The molecule has 0 amide bonds. The summed E-state index contributed by atoms with van der Waals surface area (Å²) in [5.41, 5.74) is 4.20. The minimum absolute atomic E-state index is 0.273. The molecule has 0 aliphatic carbocycles. The highest BCUT2D eigenvalue weighted by Crippen LogP contribution is 2.28. The van der Waals surface area contributed by atoms with Crippen molar-refractivity contribution >= 4 is 11.5 Å². The minimum Gasteiger partial charge on any atom is -0.393 e. The largest absolute Gasteiger partial charge is 0.393 e. The number of fused-ring (bicyclic) bond motifs is 1. The Kier molecular flexibility index (Phi) is 4.70. The Morgan fingerprint density at radius 3 is 2.85 bits per heavy atom. The predicted octanol–water partition coefficient (Wildman–Crippen LogP) is 2.33. The van der Waals surface area contributed by atoms with Gasteiger partial charge in [0.2, 0.25) is 0 Å². The molecule has 6 heteroatoms. The van der Waals surface area contributed by atoms with Crippen LogP contribution in [0, 0.1) is 5.82 Å². The first kappa shape index (κ1) is 17.1. The van der Waals surface area contributed by atoms with E-state index in [2.05, 4.69) is 14.9 Å². The smallest absolute Gasteiger partial charge is 0.129 e. The van der Waals surface area contributed by atoms with Gasteiger partial charge in [-0.25, -0.2) is 9.37 Å². The lowest BCUT2D eigenvalue weighted by Gasteiger charge is -2.28. The molecule has 0 radical (unpaired) electrons. The van der Waals surface area contributed by atoms with E-state index in [-0.39, 0.29) is 5.82 Å². The van der Waals surface area contributed by atoms with Gasteiger partial charge in [-0.2, -0.15) is 0 Å². The van der Waals surface area contributed by atoms with E-state index in [0.717, 1.165) is 41.3 Å². The highest BCUT2D eigenvalue weighted by Gasteiger charge is 2.22. The maximum Gasteiger partial charge on any atom is 0.129 e. The number of nitrogens with zero attached hydrogens (tertiary/aromatic N) is 3. The van der Waals surface area contributed by atoms with Gasteiger partial charge in [-0.15, -0.1) is 0 Å². The van der Waals surface area contributed by atoms with E-state index >= 15 is 0 Å². The van der Waals surface area contributed by atoms with Crippen molar-refractivity contribution < 1.29 is 14.2 Å². The van der Waals surface area contributed by atoms with Crippen molar-refractivity contribution in [3.05, 3.63) is 58.5 Å². The molecule has 1 aromatic heterocycles. The number of aliphatic hydroxyl groups is 1. The average Bonchev–Trinajstić information content (AvgIpc) is 3.05. The van der Waals surface area contributed by atoms with Gasteiger partial charge in [-0.05, 0) is 42.3 Å². The van der Waals surface area contributed by atoms with Crippen LogP contribution in [0.1, 0.15) is 29.2 Å². The molecule has 1 N–H and O–H groups in total. The fraction of sp³-hybridized carbons (Fsp3) is 0.400. The predicted molar refractivity (Wildman–Crippen MR) is 98.4 cm³/mol. The van der Waals surface area contributed by atoms with Crippen molar-refractivity contribution in [3.63, 3.8) is 0 Å². The van der Waals surface area contributed by atoms with Crippen LogP contribution in [0.3, 0.4) is 0 Å². The fourth-order valence-electron chi connectivity index (χ4n) is 3.51. The summed E-state index contributed by atoms with van der Waals surface area (Å²) in [5.74, 6) is 0.637.